The third kappa shape index (κ3) is 2.74. The molecule has 114 valence electrons. The predicted octanol–water partition coefficient (Wildman–Crippen LogP) is 2.67. The van der Waals surface area contributed by atoms with Crippen molar-refractivity contribution >= 4 is 16.8 Å². The number of carbonyl (C=O) groups excluding carboxylic acids is 1. The summed E-state index contributed by atoms with van der Waals surface area (Å²) < 4.78 is 1.73. The minimum Gasteiger partial charge on any atom is -0.361 e. The van der Waals surface area contributed by atoms with Crippen LogP contribution in [-0.2, 0) is 13.0 Å². The highest BCUT2D eigenvalue weighted by atomic mass is 16.2. The van der Waals surface area contributed by atoms with Gasteiger partial charge in [-0.25, -0.2) is 0 Å². The third-order valence-corrected chi connectivity index (χ3v) is 3.79. The van der Waals surface area contributed by atoms with Gasteiger partial charge in [-0.1, -0.05) is 18.2 Å². The van der Waals surface area contributed by atoms with E-state index in [-0.39, 0.29) is 5.91 Å². The van der Waals surface area contributed by atoms with Crippen molar-refractivity contribution in [2.45, 2.75) is 26.8 Å². The van der Waals surface area contributed by atoms with Gasteiger partial charge in [-0.05, 0) is 38.0 Å². The van der Waals surface area contributed by atoms with E-state index in [0.717, 1.165) is 17.6 Å². The first-order chi connectivity index (χ1) is 10.7. The summed E-state index contributed by atoms with van der Waals surface area (Å²) in [6.45, 7) is 5.18. The maximum Gasteiger partial charge on any atom is 0.269 e. The molecule has 0 aliphatic heterocycles. The number of fused-ring (bicyclic) bond motifs is 1. The molecule has 5 nitrogen and oxygen atoms in total. The summed E-state index contributed by atoms with van der Waals surface area (Å²) in [5.41, 5.74) is 3.84. The number of rotatable bonds is 5. The number of aromatic nitrogens is 3. The Hall–Kier alpha value is -2.56. The molecule has 2 N–H and O–H groups in total. The van der Waals surface area contributed by atoms with Crippen LogP contribution < -0.4 is 5.32 Å². The number of nitrogens with zero attached hydrogens (tertiary/aromatic N) is 2. The fourth-order valence-electron chi connectivity index (χ4n) is 2.71. The fourth-order valence-corrected chi connectivity index (χ4v) is 2.71. The van der Waals surface area contributed by atoms with E-state index < -0.39 is 0 Å². The molecule has 0 spiro atoms. The van der Waals surface area contributed by atoms with Gasteiger partial charge >= 0.3 is 0 Å². The zero-order valence-corrected chi connectivity index (χ0v) is 12.9. The Bertz CT molecular complexity index is 800. The first-order valence-corrected chi connectivity index (χ1v) is 7.56. The lowest BCUT2D eigenvalue weighted by atomic mass is 10.1. The van der Waals surface area contributed by atoms with E-state index in [0.29, 0.717) is 18.8 Å². The van der Waals surface area contributed by atoms with E-state index in [1.54, 1.807) is 4.68 Å². The van der Waals surface area contributed by atoms with Crippen molar-refractivity contribution in [3.63, 3.8) is 0 Å². The molecule has 22 heavy (non-hydrogen) atoms. The maximum atomic E-state index is 12.3. The number of hydrogen-bond acceptors (Lipinski definition) is 2. The van der Waals surface area contributed by atoms with Crippen LogP contribution in [0.3, 0.4) is 0 Å². The molecule has 2 aromatic heterocycles. The van der Waals surface area contributed by atoms with Gasteiger partial charge in [0.15, 0.2) is 0 Å². The summed E-state index contributed by atoms with van der Waals surface area (Å²) in [7, 11) is 0. The smallest absolute Gasteiger partial charge is 0.269 e. The largest absolute Gasteiger partial charge is 0.361 e. The maximum absolute atomic E-state index is 12.3. The average Bonchev–Trinajstić information content (AvgIpc) is 3.11. The molecule has 0 fully saturated rings. The second kappa shape index (κ2) is 6.05. The summed E-state index contributed by atoms with van der Waals surface area (Å²) >= 11 is 0. The van der Waals surface area contributed by atoms with E-state index in [2.05, 4.69) is 27.5 Å². The minimum absolute atomic E-state index is 0.0673. The highest BCUT2D eigenvalue weighted by Gasteiger charge is 2.12. The third-order valence-electron chi connectivity index (χ3n) is 3.79. The number of aromatic amines is 1. The average molecular weight is 296 g/mol. The molecule has 2 heterocycles. The molecule has 5 heteroatoms. The topological polar surface area (TPSA) is 62.7 Å². The first kappa shape index (κ1) is 14.4. The summed E-state index contributed by atoms with van der Waals surface area (Å²) in [5, 5.41) is 8.49. The Balaban J connectivity index is 1.64. The Morgan fingerprint density at radius 1 is 1.36 bits per heavy atom. The molecule has 0 bridgehead atoms. The number of amides is 1. The van der Waals surface area contributed by atoms with Gasteiger partial charge in [-0.2, -0.15) is 5.10 Å². The Kier molecular flexibility index (Phi) is 3.96. The van der Waals surface area contributed by atoms with Crippen LogP contribution in [0.5, 0.6) is 0 Å². The molecule has 1 aromatic carbocycles. The van der Waals surface area contributed by atoms with Gasteiger partial charge in [0.05, 0.1) is 5.69 Å². The fraction of sp³-hybridized carbons (Fsp3) is 0.294. The number of benzene rings is 1. The molecule has 0 saturated carbocycles. The monoisotopic (exact) mass is 296 g/mol. The van der Waals surface area contributed by atoms with Crippen molar-refractivity contribution in [2.24, 2.45) is 0 Å². The van der Waals surface area contributed by atoms with Crippen molar-refractivity contribution in [1.29, 1.82) is 0 Å². The van der Waals surface area contributed by atoms with E-state index >= 15 is 0 Å². The van der Waals surface area contributed by atoms with Crippen LogP contribution in [0, 0.1) is 6.92 Å². The van der Waals surface area contributed by atoms with Crippen LogP contribution in [0.2, 0.25) is 0 Å². The lowest BCUT2D eigenvalue weighted by Crippen LogP contribution is -2.28. The Morgan fingerprint density at radius 2 is 2.18 bits per heavy atom. The van der Waals surface area contributed by atoms with Crippen LogP contribution >= 0.6 is 0 Å². The molecule has 0 atom stereocenters. The van der Waals surface area contributed by atoms with Crippen molar-refractivity contribution in [3.8, 4) is 0 Å². The number of carbonyl (C=O) groups is 1. The molecular weight excluding hydrogens is 276 g/mol. The number of nitrogens with one attached hydrogen (secondary N) is 2. The van der Waals surface area contributed by atoms with E-state index in [1.165, 1.54) is 10.9 Å². The molecule has 0 unspecified atom stereocenters. The minimum atomic E-state index is -0.0673. The first-order valence-electron chi connectivity index (χ1n) is 7.56. The molecule has 0 aliphatic carbocycles. The summed E-state index contributed by atoms with van der Waals surface area (Å²) in [5.74, 6) is -0.0673. The van der Waals surface area contributed by atoms with E-state index in [9.17, 15) is 4.79 Å². The van der Waals surface area contributed by atoms with Crippen LogP contribution in [0.15, 0.2) is 36.5 Å². The summed E-state index contributed by atoms with van der Waals surface area (Å²) in [6, 6.07) is 10.0. The van der Waals surface area contributed by atoms with E-state index in [4.69, 9.17) is 0 Å². The molecular formula is C17H20N4O. The van der Waals surface area contributed by atoms with Crippen molar-refractivity contribution in [3.05, 3.63) is 53.5 Å². The Morgan fingerprint density at radius 3 is 3.00 bits per heavy atom. The van der Waals surface area contributed by atoms with Gasteiger partial charge < -0.3 is 10.3 Å². The van der Waals surface area contributed by atoms with Crippen molar-refractivity contribution in [2.75, 3.05) is 6.54 Å². The van der Waals surface area contributed by atoms with Crippen molar-refractivity contribution < 1.29 is 4.79 Å². The van der Waals surface area contributed by atoms with Crippen LogP contribution in [0.1, 0.15) is 28.7 Å². The number of para-hydroxylation sites is 1. The van der Waals surface area contributed by atoms with Gasteiger partial charge in [0.1, 0.15) is 5.69 Å². The quantitative estimate of drug-likeness (QED) is 0.760. The Labute approximate surface area is 129 Å². The number of aryl methyl sites for hydroxylation is 2. The molecule has 0 saturated heterocycles. The van der Waals surface area contributed by atoms with Gasteiger partial charge in [0.25, 0.3) is 5.91 Å². The zero-order valence-electron chi connectivity index (χ0n) is 12.9. The second-order valence-electron chi connectivity index (χ2n) is 5.35. The summed E-state index contributed by atoms with van der Waals surface area (Å²) in [4.78, 5) is 15.5. The molecule has 3 rings (SSSR count). The second-order valence-corrected chi connectivity index (χ2v) is 5.35. The van der Waals surface area contributed by atoms with Gasteiger partial charge in [0, 0.05) is 30.2 Å². The van der Waals surface area contributed by atoms with Crippen LogP contribution in [0.25, 0.3) is 10.9 Å². The lowest BCUT2D eigenvalue weighted by Gasteiger charge is -2.06. The normalized spacial score (nSPS) is 11.0. The molecule has 3 aromatic rings. The number of H-pyrrole nitrogens is 1. The van der Waals surface area contributed by atoms with Gasteiger partial charge in [-0.3, -0.25) is 9.48 Å². The summed E-state index contributed by atoms with van der Waals surface area (Å²) in [6.07, 6.45) is 2.81. The van der Waals surface area contributed by atoms with E-state index in [1.807, 2.05) is 38.2 Å². The highest BCUT2D eigenvalue weighted by molar-refractivity contribution is 5.92. The highest BCUT2D eigenvalue weighted by Crippen LogP contribution is 2.17. The van der Waals surface area contributed by atoms with Gasteiger partial charge in [0.2, 0.25) is 0 Å². The van der Waals surface area contributed by atoms with Crippen LogP contribution in [-0.4, -0.2) is 27.2 Å². The van der Waals surface area contributed by atoms with Gasteiger partial charge in [-0.15, -0.1) is 0 Å². The number of hydrogen-bond donors (Lipinski definition) is 2. The zero-order chi connectivity index (χ0) is 15.5. The van der Waals surface area contributed by atoms with Crippen LogP contribution in [0.4, 0.5) is 0 Å². The molecule has 1 amide bonds. The predicted molar refractivity (Wildman–Crippen MR) is 87.0 cm³/mol. The lowest BCUT2D eigenvalue weighted by molar-refractivity contribution is 0.0943. The standard InChI is InChI=1S/C17H20N4O/c1-3-21-16(10-12(2)20-21)17(22)18-9-8-13-11-19-15-7-5-4-6-14(13)15/h4-7,10-11,19H,3,8-9H2,1-2H3,(H,18,22). The van der Waals surface area contributed by atoms with Crippen molar-refractivity contribution in [1.82, 2.24) is 20.1 Å². The SMILES string of the molecule is CCn1nc(C)cc1C(=O)NCCc1c[nH]c2ccccc12. The molecule has 0 aliphatic rings. The molecule has 0 radical (unpaired) electrons.